The van der Waals surface area contributed by atoms with Crippen molar-refractivity contribution in [3.05, 3.63) is 36.5 Å². The Morgan fingerprint density at radius 3 is 3.08 bits per heavy atom. The van der Waals surface area contributed by atoms with E-state index in [1.54, 1.807) is 6.20 Å². The summed E-state index contributed by atoms with van der Waals surface area (Å²) in [5.41, 5.74) is 2.61. The summed E-state index contributed by atoms with van der Waals surface area (Å²) in [7, 11) is 0. The predicted octanol–water partition coefficient (Wildman–Crippen LogP) is 2.04. The SMILES string of the molecule is O=C(NCCN1CCCC[C@@H]1CO)Nc1cccc(-c2ccn[nH]2)c1. The Morgan fingerprint density at radius 1 is 1.36 bits per heavy atom. The molecule has 0 saturated carbocycles. The van der Waals surface area contributed by atoms with Gasteiger partial charge in [-0.15, -0.1) is 0 Å². The molecule has 25 heavy (non-hydrogen) atoms. The molecule has 1 aromatic carbocycles. The summed E-state index contributed by atoms with van der Waals surface area (Å²) in [6.45, 7) is 2.49. The first-order valence-electron chi connectivity index (χ1n) is 8.76. The minimum absolute atomic E-state index is 0.187. The third-order valence-electron chi connectivity index (χ3n) is 4.58. The first-order chi connectivity index (χ1) is 12.3. The standard InChI is InChI=1S/C18H25N5O2/c24-13-16-6-1-2-10-23(16)11-9-19-18(25)21-15-5-3-4-14(12-15)17-7-8-20-22-17/h3-5,7-8,12,16,24H,1-2,6,9-11,13H2,(H,20,22)(H2,19,21,25)/t16-/m1/s1. The molecule has 1 saturated heterocycles. The van der Waals surface area contributed by atoms with Crippen molar-refractivity contribution < 1.29 is 9.90 Å². The summed E-state index contributed by atoms with van der Waals surface area (Å²) in [6, 6.07) is 9.50. The fourth-order valence-electron chi connectivity index (χ4n) is 3.23. The average Bonchev–Trinajstić information content (AvgIpc) is 3.17. The first-order valence-corrected chi connectivity index (χ1v) is 8.76. The molecule has 1 atom stereocenters. The van der Waals surface area contributed by atoms with Crippen molar-refractivity contribution in [2.45, 2.75) is 25.3 Å². The van der Waals surface area contributed by atoms with Gasteiger partial charge in [-0.25, -0.2) is 4.79 Å². The second kappa shape index (κ2) is 8.64. The van der Waals surface area contributed by atoms with E-state index >= 15 is 0 Å². The van der Waals surface area contributed by atoms with Gasteiger partial charge in [-0.1, -0.05) is 18.6 Å². The number of likely N-dealkylation sites (tertiary alicyclic amines) is 1. The minimum atomic E-state index is -0.223. The number of benzene rings is 1. The molecule has 0 radical (unpaired) electrons. The van der Waals surface area contributed by atoms with Crippen molar-refractivity contribution in [2.24, 2.45) is 0 Å². The zero-order valence-corrected chi connectivity index (χ0v) is 14.2. The summed E-state index contributed by atoms with van der Waals surface area (Å²) < 4.78 is 0. The molecule has 2 aromatic rings. The number of aromatic amines is 1. The summed E-state index contributed by atoms with van der Waals surface area (Å²) in [5, 5.41) is 22.0. The van der Waals surface area contributed by atoms with Crippen LogP contribution in [-0.4, -0.2) is 58.5 Å². The van der Waals surface area contributed by atoms with Gasteiger partial charge < -0.3 is 15.7 Å². The Bertz CT molecular complexity index is 674. The lowest BCUT2D eigenvalue weighted by Crippen LogP contribution is -2.46. The Kier molecular flexibility index (Phi) is 6.03. The number of nitrogens with one attached hydrogen (secondary N) is 3. The third kappa shape index (κ3) is 4.80. The Hall–Kier alpha value is -2.38. The van der Waals surface area contributed by atoms with Crippen molar-refractivity contribution in [3.8, 4) is 11.3 Å². The van der Waals surface area contributed by atoms with Crippen LogP contribution in [0.25, 0.3) is 11.3 Å². The maximum absolute atomic E-state index is 12.1. The normalized spacial score (nSPS) is 18.0. The maximum atomic E-state index is 12.1. The number of nitrogens with zero attached hydrogens (tertiary/aromatic N) is 2. The van der Waals surface area contributed by atoms with E-state index in [0.717, 1.165) is 42.9 Å². The first kappa shape index (κ1) is 17.4. The van der Waals surface area contributed by atoms with Gasteiger partial charge in [0.05, 0.1) is 12.3 Å². The molecule has 0 spiro atoms. The zero-order chi connectivity index (χ0) is 17.5. The van der Waals surface area contributed by atoms with Gasteiger partial charge in [0.25, 0.3) is 0 Å². The number of urea groups is 1. The molecule has 1 aromatic heterocycles. The van der Waals surface area contributed by atoms with Gasteiger partial charge in [-0.2, -0.15) is 5.10 Å². The molecule has 134 valence electrons. The second-order valence-corrected chi connectivity index (χ2v) is 6.30. The second-order valence-electron chi connectivity index (χ2n) is 6.30. The van der Waals surface area contributed by atoms with Crippen LogP contribution < -0.4 is 10.6 Å². The molecule has 1 aliphatic heterocycles. The van der Waals surface area contributed by atoms with Crippen molar-refractivity contribution in [1.29, 1.82) is 0 Å². The summed E-state index contributed by atoms with van der Waals surface area (Å²) in [4.78, 5) is 14.3. The number of H-pyrrole nitrogens is 1. The highest BCUT2D eigenvalue weighted by Gasteiger charge is 2.20. The molecule has 0 unspecified atom stereocenters. The Morgan fingerprint density at radius 2 is 2.28 bits per heavy atom. The predicted molar refractivity (Wildman–Crippen MR) is 97.3 cm³/mol. The van der Waals surface area contributed by atoms with Crippen molar-refractivity contribution in [1.82, 2.24) is 20.4 Å². The highest BCUT2D eigenvalue weighted by molar-refractivity contribution is 5.90. The van der Waals surface area contributed by atoms with Gasteiger partial charge in [0.15, 0.2) is 0 Å². The monoisotopic (exact) mass is 343 g/mol. The number of aromatic nitrogens is 2. The van der Waals surface area contributed by atoms with Gasteiger partial charge in [-0.05, 0) is 37.6 Å². The van der Waals surface area contributed by atoms with Crippen LogP contribution in [0.5, 0.6) is 0 Å². The van der Waals surface area contributed by atoms with Crippen LogP contribution in [-0.2, 0) is 0 Å². The smallest absolute Gasteiger partial charge is 0.319 e. The number of amides is 2. The summed E-state index contributed by atoms with van der Waals surface area (Å²) in [5.74, 6) is 0. The van der Waals surface area contributed by atoms with E-state index < -0.39 is 0 Å². The van der Waals surface area contributed by atoms with Crippen LogP contribution in [0.1, 0.15) is 19.3 Å². The van der Waals surface area contributed by atoms with Gasteiger partial charge in [0.2, 0.25) is 0 Å². The molecule has 1 aliphatic rings. The molecule has 7 nitrogen and oxygen atoms in total. The number of aliphatic hydroxyl groups is 1. The number of aliphatic hydroxyl groups excluding tert-OH is 1. The molecule has 0 aliphatic carbocycles. The van der Waals surface area contributed by atoms with E-state index in [9.17, 15) is 9.90 Å². The highest BCUT2D eigenvalue weighted by Crippen LogP contribution is 2.20. The molecule has 4 N–H and O–H groups in total. The van der Waals surface area contributed by atoms with E-state index in [0.29, 0.717) is 6.54 Å². The zero-order valence-electron chi connectivity index (χ0n) is 14.2. The molecule has 2 amide bonds. The van der Waals surface area contributed by atoms with Crippen LogP contribution in [0.4, 0.5) is 10.5 Å². The third-order valence-corrected chi connectivity index (χ3v) is 4.58. The van der Waals surface area contributed by atoms with E-state index in [4.69, 9.17) is 0 Å². The van der Waals surface area contributed by atoms with Crippen molar-refractivity contribution >= 4 is 11.7 Å². The molecule has 7 heteroatoms. The Labute approximate surface area is 147 Å². The van der Waals surface area contributed by atoms with Gasteiger partial charge in [-0.3, -0.25) is 10.00 Å². The number of rotatable bonds is 6. The van der Waals surface area contributed by atoms with Crippen LogP contribution >= 0.6 is 0 Å². The fourth-order valence-corrected chi connectivity index (χ4v) is 3.23. The molecule has 2 heterocycles. The van der Waals surface area contributed by atoms with E-state index in [1.165, 1.54) is 6.42 Å². The van der Waals surface area contributed by atoms with Gasteiger partial charge in [0, 0.05) is 36.6 Å². The maximum Gasteiger partial charge on any atom is 0.319 e. The number of carbonyl (C=O) groups excluding carboxylic acids is 1. The van der Waals surface area contributed by atoms with E-state index in [2.05, 4.69) is 25.7 Å². The molecule has 0 bridgehead atoms. The molecule has 3 rings (SSSR count). The lowest BCUT2D eigenvalue weighted by molar-refractivity contribution is 0.0917. The minimum Gasteiger partial charge on any atom is -0.395 e. The molecular weight excluding hydrogens is 318 g/mol. The number of carbonyl (C=O) groups is 1. The van der Waals surface area contributed by atoms with Crippen LogP contribution in [0.3, 0.4) is 0 Å². The molecule has 1 fully saturated rings. The molecular formula is C18H25N5O2. The summed E-state index contributed by atoms with van der Waals surface area (Å²) >= 11 is 0. The quantitative estimate of drug-likeness (QED) is 0.646. The van der Waals surface area contributed by atoms with E-state index in [-0.39, 0.29) is 18.7 Å². The average molecular weight is 343 g/mol. The summed E-state index contributed by atoms with van der Waals surface area (Å²) in [6.07, 6.45) is 5.05. The number of piperidine rings is 1. The lowest BCUT2D eigenvalue weighted by Gasteiger charge is -2.34. The lowest BCUT2D eigenvalue weighted by atomic mass is 10.0. The highest BCUT2D eigenvalue weighted by atomic mass is 16.3. The van der Waals surface area contributed by atoms with Crippen LogP contribution in [0.2, 0.25) is 0 Å². The van der Waals surface area contributed by atoms with Crippen molar-refractivity contribution in [3.63, 3.8) is 0 Å². The Balaban J connectivity index is 1.47. The fraction of sp³-hybridized carbons (Fsp3) is 0.444. The van der Waals surface area contributed by atoms with Crippen molar-refractivity contribution in [2.75, 3.05) is 31.6 Å². The van der Waals surface area contributed by atoms with Crippen LogP contribution in [0, 0.1) is 0 Å². The largest absolute Gasteiger partial charge is 0.395 e. The number of anilines is 1. The number of hydrogen-bond acceptors (Lipinski definition) is 4. The van der Waals surface area contributed by atoms with Gasteiger partial charge in [0.1, 0.15) is 0 Å². The van der Waals surface area contributed by atoms with Crippen LogP contribution in [0.15, 0.2) is 36.5 Å². The number of hydrogen-bond donors (Lipinski definition) is 4. The topological polar surface area (TPSA) is 93.3 Å². The van der Waals surface area contributed by atoms with Gasteiger partial charge >= 0.3 is 6.03 Å². The van der Waals surface area contributed by atoms with E-state index in [1.807, 2.05) is 30.3 Å².